The third-order valence-corrected chi connectivity index (χ3v) is 8.40. The van der Waals surface area contributed by atoms with Crippen LogP contribution in [0.4, 0.5) is 26.3 Å². The van der Waals surface area contributed by atoms with Crippen LogP contribution in [0.1, 0.15) is 27.1 Å². The number of carbonyl (C=O) groups excluding carboxylic acids is 2. The first-order chi connectivity index (χ1) is 15.5. The van der Waals surface area contributed by atoms with Gasteiger partial charge in [-0.1, -0.05) is 60.7 Å². The van der Waals surface area contributed by atoms with Gasteiger partial charge in [0.25, 0.3) is 0 Å². The molecule has 0 amide bonds. The molecule has 4 fully saturated rings. The van der Waals surface area contributed by atoms with Crippen LogP contribution < -0.4 is 0 Å². The standard InChI is InChI=1S/C25H16F6O2/c26-24(27,28)18-16-14-11-15-17(16)23(15,25(29,30)31)22(14,21(33)13-9-5-2-6-10-13)19(18)20(32)12-7-3-1-4-8-12/h1-10,14-17H,11H2/t14-,15+,16?,17?,22?,23?/m0/s1. The van der Waals surface area contributed by atoms with E-state index in [1.165, 1.54) is 48.5 Å². The number of alkyl halides is 6. The van der Waals surface area contributed by atoms with Gasteiger partial charge in [0.15, 0.2) is 11.6 Å². The van der Waals surface area contributed by atoms with E-state index in [0.717, 1.165) is 0 Å². The minimum absolute atomic E-state index is 0.111. The minimum atomic E-state index is -5.02. The summed E-state index contributed by atoms with van der Waals surface area (Å²) in [5.41, 5.74) is -7.68. The van der Waals surface area contributed by atoms with Crippen molar-refractivity contribution in [1.29, 1.82) is 0 Å². The number of hydrogen-bond donors (Lipinski definition) is 0. The Labute approximate surface area is 184 Å². The Hall–Kier alpha value is -2.90. The van der Waals surface area contributed by atoms with E-state index < -0.39 is 69.6 Å². The summed E-state index contributed by atoms with van der Waals surface area (Å²) >= 11 is 0. The summed E-state index contributed by atoms with van der Waals surface area (Å²) in [5.74, 6) is -7.27. The van der Waals surface area contributed by atoms with Crippen LogP contribution in [-0.4, -0.2) is 23.9 Å². The molecule has 2 nitrogen and oxygen atoms in total. The highest BCUT2D eigenvalue weighted by Gasteiger charge is 3.02. The highest BCUT2D eigenvalue weighted by molar-refractivity contribution is 6.19. The maximum atomic E-state index is 14.7. The van der Waals surface area contributed by atoms with Crippen molar-refractivity contribution in [2.45, 2.75) is 18.8 Å². The molecule has 4 unspecified atom stereocenters. The second-order valence-electron chi connectivity index (χ2n) is 9.35. The second-order valence-corrected chi connectivity index (χ2v) is 9.35. The number of rotatable bonds is 4. The number of Topliss-reactive ketones (excluding diaryl/α,β-unsaturated/α-hetero) is 2. The average molecular weight is 462 g/mol. The SMILES string of the molecule is O=C(C1=C(C(F)(F)F)C2C3[C@H]4C[C@@H]2C1(C(=O)c1ccccc1)C34C(F)(F)F)c1ccccc1. The lowest BCUT2D eigenvalue weighted by molar-refractivity contribution is -0.210. The molecule has 6 bridgehead atoms. The Balaban J connectivity index is 1.69. The van der Waals surface area contributed by atoms with Gasteiger partial charge in [-0.3, -0.25) is 9.59 Å². The topological polar surface area (TPSA) is 34.1 Å². The maximum Gasteiger partial charge on any atom is 0.413 e. The Morgan fingerprint density at radius 3 is 1.85 bits per heavy atom. The molecule has 8 heteroatoms. The zero-order chi connectivity index (χ0) is 23.6. The third kappa shape index (κ3) is 2.09. The number of carbonyl (C=O) groups is 2. The van der Waals surface area contributed by atoms with Crippen LogP contribution in [0.25, 0.3) is 0 Å². The van der Waals surface area contributed by atoms with Crippen molar-refractivity contribution in [2.24, 2.45) is 34.5 Å². The van der Waals surface area contributed by atoms with Crippen molar-refractivity contribution in [3.8, 4) is 0 Å². The van der Waals surface area contributed by atoms with Gasteiger partial charge in [-0.2, -0.15) is 26.3 Å². The monoisotopic (exact) mass is 462 g/mol. The molecule has 6 atom stereocenters. The quantitative estimate of drug-likeness (QED) is 0.409. The van der Waals surface area contributed by atoms with Crippen LogP contribution in [0, 0.1) is 34.5 Å². The molecule has 33 heavy (non-hydrogen) atoms. The second kappa shape index (κ2) is 5.96. The molecule has 0 saturated heterocycles. The van der Waals surface area contributed by atoms with E-state index in [1.54, 1.807) is 12.1 Å². The molecule has 5 aliphatic rings. The van der Waals surface area contributed by atoms with E-state index in [9.17, 15) is 35.9 Å². The largest absolute Gasteiger partial charge is 0.413 e. The molecule has 0 radical (unpaired) electrons. The fourth-order valence-corrected chi connectivity index (χ4v) is 7.76. The zero-order valence-corrected chi connectivity index (χ0v) is 16.9. The van der Waals surface area contributed by atoms with Crippen LogP contribution in [0.3, 0.4) is 0 Å². The van der Waals surface area contributed by atoms with Gasteiger partial charge in [0.05, 0.1) is 10.8 Å². The van der Waals surface area contributed by atoms with Crippen molar-refractivity contribution in [1.82, 2.24) is 0 Å². The molecule has 2 aromatic carbocycles. The minimum Gasteiger partial charge on any atom is -0.293 e. The summed E-state index contributed by atoms with van der Waals surface area (Å²) in [6.07, 6.45) is -10.1. The number of allylic oxidation sites excluding steroid dienone is 2. The summed E-state index contributed by atoms with van der Waals surface area (Å²) in [6, 6.07) is 14.0. The van der Waals surface area contributed by atoms with Crippen molar-refractivity contribution >= 4 is 11.6 Å². The number of hydrogen-bond acceptors (Lipinski definition) is 2. The van der Waals surface area contributed by atoms with Crippen LogP contribution in [-0.2, 0) is 0 Å². The van der Waals surface area contributed by atoms with Gasteiger partial charge in [-0.25, -0.2) is 0 Å². The molecule has 2 aromatic rings. The Morgan fingerprint density at radius 1 is 0.788 bits per heavy atom. The van der Waals surface area contributed by atoms with Gasteiger partial charge in [0, 0.05) is 22.3 Å². The van der Waals surface area contributed by atoms with E-state index >= 15 is 0 Å². The zero-order valence-electron chi connectivity index (χ0n) is 16.9. The molecule has 170 valence electrons. The van der Waals surface area contributed by atoms with Gasteiger partial charge in [-0.05, 0) is 30.1 Å². The van der Waals surface area contributed by atoms with E-state index in [4.69, 9.17) is 0 Å². The van der Waals surface area contributed by atoms with E-state index in [0.29, 0.717) is 0 Å². The van der Waals surface area contributed by atoms with Gasteiger partial charge in [-0.15, -0.1) is 0 Å². The molecular weight excluding hydrogens is 446 g/mol. The van der Waals surface area contributed by atoms with Gasteiger partial charge >= 0.3 is 12.4 Å². The highest BCUT2D eigenvalue weighted by atomic mass is 19.4. The van der Waals surface area contributed by atoms with Crippen molar-refractivity contribution < 1.29 is 35.9 Å². The summed E-state index contributed by atoms with van der Waals surface area (Å²) < 4.78 is 87.4. The molecular formula is C25H16F6O2. The fourth-order valence-electron chi connectivity index (χ4n) is 7.76. The predicted molar refractivity (Wildman–Crippen MR) is 104 cm³/mol. The smallest absolute Gasteiger partial charge is 0.293 e. The summed E-state index contributed by atoms with van der Waals surface area (Å²) in [5, 5.41) is 0. The van der Waals surface area contributed by atoms with E-state index in [-0.39, 0.29) is 17.5 Å². The molecule has 0 N–H and O–H groups in total. The number of ketones is 2. The molecule has 0 heterocycles. The van der Waals surface area contributed by atoms with Gasteiger partial charge in [0.2, 0.25) is 0 Å². The van der Waals surface area contributed by atoms with E-state index in [2.05, 4.69) is 0 Å². The van der Waals surface area contributed by atoms with Gasteiger partial charge in [0.1, 0.15) is 0 Å². The maximum absolute atomic E-state index is 14.7. The first kappa shape index (κ1) is 20.7. The molecule has 7 rings (SSSR count). The lowest BCUT2D eigenvalue weighted by Crippen LogP contribution is -2.50. The highest BCUT2D eigenvalue weighted by Crippen LogP contribution is 2.97. The molecule has 0 aromatic heterocycles. The third-order valence-electron chi connectivity index (χ3n) is 8.40. The van der Waals surface area contributed by atoms with Crippen LogP contribution in [0.2, 0.25) is 0 Å². The molecule has 5 aliphatic carbocycles. The van der Waals surface area contributed by atoms with Crippen LogP contribution in [0.5, 0.6) is 0 Å². The predicted octanol–water partition coefficient (Wildman–Crippen LogP) is 6.06. The fraction of sp³-hybridized carbons (Fsp3) is 0.360. The molecule has 4 saturated carbocycles. The first-order valence-corrected chi connectivity index (χ1v) is 10.6. The Bertz CT molecular complexity index is 1230. The molecule has 0 spiro atoms. The molecule has 0 aliphatic heterocycles. The average Bonchev–Trinajstić information content (AvgIpc) is 3.04. The van der Waals surface area contributed by atoms with Crippen LogP contribution in [0.15, 0.2) is 71.8 Å². The van der Waals surface area contributed by atoms with Crippen molar-refractivity contribution in [2.75, 3.05) is 0 Å². The van der Waals surface area contributed by atoms with Crippen molar-refractivity contribution in [3.05, 3.63) is 82.9 Å². The Morgan fingerprint density at radius 2 is 1.33 bits per heavy atom. The van der Waals surface area contributed by atoms with E-state index in [1.807, 2.05) is 0 Å². The van der Waals surface area contributed by atoms with Crippen molar-refractivity contribution in [3.63, 3.8) is 0 Å². The summed E-state index contributed by atoms with van der Waals surface area (Å²) in [6.45, 7) is 0. The summed E-state index contributed by atoms with van der Waals surface area (Å²) in [7, 11) is 0. The van der Waals surface area contributed by atoms with Crippen LogP contribution >= 0.6 is 0 Å². The van der Waals surface area contributed by atoms with Gasteiger partial charge < -0.3 is 0 Å². The lowest BCUT2D eigenvalue weighted by Gasteiger charge is -2.40. The number of halogens is 6. The lowest BCUT2D eigenvalue weighted by atomic mass is 9.61. The first-order valence-electron chi connectivity index (χ1n) is 10.6. The summed E-state index contributed by atoms with van der Waals surface area (Å²) in [4.78, 5) is 27.5. The number of benzene rings is 2. The normalized spacial score (nSPS) is 35.8. The Kier molecular flexibility index (Phi) is 3.74.